The van der Waals surface area contributed by atoms with Crippen molar-refractivity contribution in [2.45, 2.75) is 32.1 Å². The van der Waals surface area contributed by atoms with Crippen molar-refractivity contribution in [2.75, 3.05) is 19.7 Å². The maximum atomic E-state index is 12.4. The molecule has 2 aromatic carbocycles. The number of carboxylic acid groups (broad SMARTS) is 1. The predicted octanol–water partition coefficient (Wildman–Crippen LogP) is 3.78. The van der Waals surface area contributed by atoms with Gasteiger partial charge in [0.2, 0.25) is 5.91 Å². The molecule has 174 valence electrons. The van der Waals surface area contributed by atoms with Crippen LogP contribution in [0.5, 0.6) is 0 Å². The Kier molecular flexibility index (Phi) is 6.96. The highest BCUT2D eigenvalue weighted by Gasteiger charge is 2.43. The second-order valence-electron chi connectivity index (χ2n) is 8.93. The average Bonchev–Trinajstić information content (AvgIpc) is 3.55. The molecule has 0 bridgehead atoms. The van der Waals surface area contributed by atoms with Gasteiger partial charge >= 0.3 is 12.1 Å². The van der Waals surface area contributed by atoms with Crippen molar-refractivity contribution in [3.8, 4) is 11.1 Å². The van der Waals surface area contributed by atoms with Crippen LogP contribution < -0.4 is 10.6 Å². The van der Waals surface area contributed by atoms with Crippen molar-refractivity contribution in [2.24, 2.45) is 17.8 Å². The average molecular weight is 451 g/mol. The van der Waals surface area contributed by atoms with Gasteiger partial charge < -0.3 is 20.5 Å². The van der Waals surface area contributed by atoms with Gasteiger partial charge in [0, 0.05) is 25.4 Å². The van der Waals surface area contributed by atoms with Crippen molar-refractivity contribution in [3.63, 3.8) is 0 Å². The van der Waals surface area contributed by atoms with E-state index in [9.17, 15) is 14.4 Å². The van der Waals surface area contributed by atoms with Gasteiger partial charge in [-0.1, -0.05) is 61.9 Å². The molecule has 2 aliphatic carbocycles. The first kappa shape index (κ1) is 22.8. The minimum atomic E-state index is -0.798. The summed E-state index contributed by atoms with van der Waals surface area (Å²) in [6, 6.07) is 16.4. The number of benzene rings is 2. The van der Waals surface area contributed by atoms with Gasteiger partial charge in [0.05, 0.1) is 5.92 Å². The molecule has 0 saturated heterocycles. The highest BCUT2D eigenvalue weighted by molar-refractivity contribution is 5.79. The summed E-state index contributed by atoms with van der Waals surface area (Å²) in [6.45, 7) is 2.97. The number of hydrogen-bond donors (Lipinski definition) is 3. The lowest BCUT2D eigenvalue weighted by Crippen LogP contribution is -2.34. The number of ether oxygens (including phenoxy) is 1. The summed E-state index contributed by atoms with van der Waals surface area (Å²) in [7, 11) is 0. The Hall–Kier alpha value is -3.35. The van der Waals surface area contributed by atoms with Crippen LogP contribution in [0, 0.1) is 17.8 Å². The summed E-state index contributed by atoms with van der Waals surface area (Å²) in [4.78, 5) is 35.4. The number of carbonyl (C=O) groups is 3. The van der Waals surface area contributed by atoms with E-state index < -0.39 is 12.1 Å². The van der Waals surface area contributed by atoms with Crippen molar-refractivity contribution in [1.29, 1.82) is 0 Å². The fraction of sp³-hybridized carbons (Fsp3) is 0.423. The van der Waals surface area contributed by atoms with Gasteiger partial charge in [-0.15, -0.1) is 0 Å². The van der Waals surface area contributed by atoms with E-state index in [4.69, 9.17) is 9.84 Å². The minimum absolute atomic E-state index is 0.00736. The molecule has 7 heteroatoms. The first-order valence-electron chi connectivity index (χ1n) is 11.6. The summed E-state index contributed by atoms with van der Waals surface area (Å²) in [5.74, 6) is -1.22. The molecule has 0 radical (unpaired) electrons. The Balaban J connectivity index is 1.22. The van der Waals surface area contributed by atoms with Crippen LogP contribution in [0.2, 0.25) is 0 Å². The second kappa shape index (κ2) is 10.1. The number of nitrogens with one attached hydrogen (secondary N) is 2. The Morgan fingerprint density at radius 1 is 1.03 bits per heavy atom. The lowest BCUT2D eigenvalue weighted by atomic mass is 9.98. The highest BCUT2D eigenvalue weighted by Crippen LogP contribution is 2.44. The van der Waals surface area contributed by atoms with Crippen LogP contribution in [0.3, 0.4) is 0 Å². The fourth-order valence-corrected chi connectivity index (χ4v) is 4.59. The Morgan fingerprint density at radius 2 is 1.67 bits per heavy atom. The zero-order valence-corrected chi connectivity index (χ0v) is 18.8. The molecule has 2 aliphatic rings. The van der Waals surface area contributed by atoms with E-state index >= 15 is 0 Å². The van der Waals surface area contributed by atoms with Crippen molar-refractivity contribution in [1.82, 2.24) is 10.6 Å². The minimum Gasteiger partial charge on any atom is -0.481 e. The molecule has 33 heavy (non-hydrogen) atoms. The molecule has 3 N–H and O–H groups in total. The number of rotatable bonds is 10. The molecule has 2 aromatic rings. The fourth-order valence-electron chi connectivity index (χ4n) is 4.59. The maximum Gasteiger partial charge on any atom is 0.407 e. The molecule has 4 rings (SSSR count). The van der Waals surface area contributed by atoms with Gasteiger partial charge in [0.25, 0.3) is 0 Å². The number of carboxylic acids is 1. The molecular weight excluding hydrogens is 420 g/mol. The van der Waals surface area contributed by atoms with Crippen LogP contribution in [-0.4, -0.2) is 42.8 Å². The van der Waals surface area contributed by atoms with Gasteiger partial charge in [-0.3, -0.25) is 9.59 Å². The van der Waals surface area contributed by atoms with Crippen LogP contribution >= 0.6 is 0 Å². The summed E-state index contributed by atoms with van der Waals surface area (Å²) < 4.78 is 5.55. The topological polar surface area (TPSA) is 105 Å². The van der Waals surface area contributed by atoms with E-state index in [1.807, 2.05) is 31.2 Å². The quantitative estimate of drug-likeness (QED) is 0.511. The van der Waals surface area contributed by atoms with Crippen LogP contribution in [0.1, 0.15) is 43.2 Å². The lowest BCUT2D eigenvalue weighted by Gasteiger charge is -2.17. The van der Waals surface area contributed by atoms with Gasteiger partial charge in [-0.2, -0.15) is 0 Å². The van der Waals surface area contributed by atoms with Gasteiger partial charge in [-0.05, 0) is 40.5 Å². The number of fused-ring (bicyclic) bond motifs is 3. The van der Waals surface area contributed by atoms with E-state index in [1.54, 1.807) is 0 Å². The number of alkyl carbamates (subject to hydrolysis) is 1. The van der Waals surface area contributed by atoms with Gasteiger partial charge in [-0.25, -0.2) is 4.79 Å². The Labute approximate surface area is 193 Å². The molecule has 0 aromatic heterocycles. The third kappa shape index (κ3) is 5.35. The molecule has 0 spiro atoms. The van der Waals surface area contributed by atoms with E-state index in [-0.39, 0.29) is 42.6 Å². The number of carbonyl (C=O) groups excluding carboxylic acids is 2. The molecule has 7 nitrogen and oxygen atoms in total. The highest BCUT2D eigenvalue weighted by atomic mass is 16.5. The maximum absolute atomic E-state index is 12.4. The monoisotopic (exact) mass is 450 g/mol. The smallest absolute Gasteiger partial charge is 0.407 e. The largest absolute Gasteiger partial charge is 0.481 e. The van der Waals surface area contributed by atoms with Crippen LogP contribution in [0.15, 0.2) is 48.5 Å². The summed E-state index contributed by atoms with van der Waals surface area (Å²) >= 11 is 0. The molecule has 1 saturated carbocycles. The molecule has 1 unspecified atom stereocenters. The standard InChI is InChI=1S/C26H30N2O5/c1-2-16(11-24(29)27-14-17-12-22(17)25(30)31)13-28-26(32)33-15-23-20-9-5-3-7-18(20)19-8-4-6-10-21(19)23/h3-10,16-17,22-23H,2,11-15H2,1H3,(H,27,29)(H,28,32)(H,30,31)/t16?,17-,22-/m1/s1. The molecule has 1 fully saturated rings. The number of hydrogen-bond acceptors (Lipinski definition) is 4. The zero-order chi connectivity index (χ0) is 23.4. The summed E-state index contributed by atoms with van der Waals surface area (Å²) in [5.41, 5.74) is 4.69. The summed E-state index contributed by atoms with van der Waals surface area (Å²) in [6.07, 6.45) is 1.15. The first-order chi connectivity index (χ1) is 16.0. The Morgan fingerprint density at radius 3 is 2.24 bits per heavy atom. The first-order valence-corrected chi connectivity index (χ1v) is 11.6. The van der Waals surface area contributed by atoms with Crippen LogP contribution in [0.4, 0.5) is 4.79 Å². The van der Waals surface area contributed by atoms with E-state index in [2.05, 4.69) is 34.9 Å². The van der Waals surface area contributed by atoms with Crippen LogP contribution in [0.25, 0.3) is 11.1 Å². The van der Waals surface area contributed by atoms with Gasteiger partial charge in [0.15, 0.2) is 0 Å². The molecular formula is C26H30N2O5. The third-order valence-corrected chi connectivity index (χ3v) is 6.73. The van der Waals surface area contributed by atoms with E-state index in [0.717, 1.165) is 17.5 Å². The lowest BCUT2D eigenvalue weighted by molar-refractivity contribution is -0.139. The zero-order valence-electron chi connectivity index (χ0n) is 18.8. The molecule has 2 amide bonds. The molecule has 0 heterocycles. The van der Waals surface area contributed by atoms with Crippen molar-refractivity contribution >= 4 is 18.0 Å². The number of aliphatic carboxylic acids is 1. The van der Waals surface area contributed by atoms with Crippen molar-refractivity contribution < 1.29 is 24.2 Å². The normalized spacial score (nSPS) is 19.2. The third-order valence-electron chi connectivity index (χ3n) is 6.73. The van der Waals surface area contributed by atoms with Crippen molar-refractivity contribution in [3.05, 3.63) is 59.7 Å². The number of amides is 2. The van der Waals surface area contributed by atoms with E-state index in [0.29, 0.717) is 19.5 Å². The summed E-state index contributed by atoms with van der Waals surface area (Å²) in [5, 5.41) is 14.5. The van der Waals surface area contributed by atoms with E-state index in [1.165, 1.54) is 11.1 Å². The Bertz CT molecular complexity index is 991. The molecule has 3 atom stereocenters. The second-order valence-corrected chi connectivity index (χ2v) is 8.93. The molecule has 0 aliphatic heterocycles. The van der Waals surface area contributed by atoms with Crippen LogP contribution in [-0.2, 0) is 14.3 Å². The van der Waals surface area contributed by atoms with Gasteiger partial charge in [0.1, 0.15) is 6.61 Å². The SMILES string of the molecule is CCC(CNC(=O)OCC1c2ccccc2-c2ccccc21)CC(=O)NC[C@H]1C[C@H]1C(=O)O. The predicted molar refractivity (Wildman–Crippen MR) is 124 cm³/mol.